The minimum Gasteiger partial charge on any atom is -0.507 e. The molecule has 306 valence electrons. The molecule has 2 aromatic rings. The third-order valence-electron chi connectivity index (χ3n) is 10.7. The van der Waals surface area contributed by atoms with Crippen LogP contribution in [0.25, 0.3) is 10.8 Å². The van der Waals surface area contributed by atoms with Gasteiger partial charge in [0.25, 0.3) is 17.6 Å². The number of hydrogen-bond donors (Lipinski definition) is 5. The van der Waals surface area contributed by atoms with Crippen molar-refractivity contribution in [3.05, 3.63) is 53.3 Å². The molecular weight excluding hydrogens is 728 g/mol. The number of hydrogen-bond acceptors (Lipinski definition) is 13. The Morgan fingerprint density at radius 2 is 1.62 bits per heavy atom. The number of ketones is 1. The molecule has 0 aliphatic carbocycles. The predicted octanol–water partition coefficient (Wildman–Crippen LogP) is 4.52. The Hall–Kier alpha value is -5.12. The first-order chi connectivity index (χ1) is 26.2. The van der Waals surface area contributed by atoms with Gasteiger partial charge >= 0.3 is 11.8 Å². The third kappa shape index (κ3) is 8.64. The lowest BCUT2D eigenvalue weighted by Gasteiger charge is -2.38. The van der Waals surface area contributed by atoms with Crippen LogP contribution in [0.2, 0.25) is 0 Å². The van der Waals surface area contributed by atoms with E-state index >= 15 is 0 Å². The van der Waals surface area contributed by atoms with E-state index in [1.54, 1.807) is 39.8 Å². The molecule has 0 fully saturated rings. The molecule has 15 nitrogen and oxygen atoms in total. The van der Waals surface area contributed by atoms with Gasteiger partial charge in [-0.1, -0.05) is 45.9 Å². The summed E-state index contributed by atoms with van der Waals surface area (Å²) in [4.78, 5) is 54.0. The summed E-state index contributed by atoms with van der Waals surface area (Å²) in [5, 5.41) is 48.1. The molecule has 3 heterocycles. The molecule has 0 spiro atoms. The zero-order valence-electron chi connectivity index (χ0n) is 33.7. The second-order valence-electron chi connectivity index (χ2n) is 15.0. The van der Waals surface area contributed by atoms with E-state index in [0.29, 0.717) is 0 Å². The van der Waals surface area contributed by atoms with Gasteiger partial charge in [-0.3, -0.25) is 19.2 Å². The second kappa shape index (κ2) is 17.3. The summed E-state index contributed by atoms with van der Waals surface area (Å²) < 4.78 is 29.5. The van der Waals surface area contributed by atoms with Crippen molar-refractivity contribution < 1.29 is 63.3 Å². The molecule has 5 N–H and O–H groups in total. The number of Topliss-reactive ketones (excluding diaryl/α,β-unsaturated/α-hetero) is 1. The molecule has 2 amide bonds. The summed E-state index contributed by atoms with van der Waals surface area (Å²) >= 11 is 0. The number of aliphatic hydroxyl groups is 2. The Morgan fingerprint density at radius 1 is 0.964 bits per heavy atom. The number of aliphatic hydroxyl groups excluding tert-OH is 2. The largest absolute Gasteiger partial charge is 0.507 e. The number of carbonyl (C=O) groups excluding carboxylic acids is 4. The topological polar surface area (TPSA) is 211 Å². The number of esters is 1. The molecule has 9 atom stereocenters. The highest BCUT2D eigenvalue weighted by molar-refractivity contribution is 6.21. The van der Waals surface area contributed by atoms with Crippen molar-refractivity contribution in [2.45, 2.75) is 85.6 Å². The Labute approximate surface area is 326 Å². The van der Waals surface area contributed by atoms with Crippen LogP contribution in [0.1, 0.15) is 64.4 Å². The standard InChI is InChI=1S/C41H54N2O13/c1-19-13-12-14-20(2)40(51)42-26-17-28(53-18-29(45)43(9)10)30-31(36(26)49)35(48)24(6)38-32(30)39(50)41(8,56-38)54-16-15-27(52-11)21(3)37(55-25(7)44)23(5)34(47)22(4)33(19)46/h12-17,19,21-23,27,33-34,37,46-49H,18H2,1-11H3,(H,42,51). The Kier molecular flexibility index (Phi) is 13.5. The van der Waals surface area contributed by atoms with E-state index < -0.39 is 95.5 Å². The number of ether oxygens (including phenoxy) is 5. The quantitative estimate of drug-likeness (QED) is 0.209. The summed E-state index contributed by atoms with van der Waals surface area (Å²) in [5.41, 5.74) is -0.0315. The summed E-state index contributed by atoms with van der Waals surface area (Å²) in [7, 11) is 4.49. The van der Waals surface area contributed by atoms with Gasteiger partial charge in [-0.15, -0.1) is 0 Å². The van der Waals surface area contributed by atoms with Crippen LogP contribution >= 0.6 is 0 Å². The summed E-state index contributed by atoms with van der Waals surface area (Å²) in [6.45, 7) is 12.0. The van der Waals surface area contributed by atoms with Crippen LogP contribution in [-0.2, 0) is 28.6 Å². The van der Waals surface area contributed by atoms with Gasteiger partial charge in [0.1, 0.15) is 23.4 Å². The first-order valence-corrected chi connectivity index (χ1v) is 18.4. The van der Waals surface area contributed by atoms with E-state index in [2.05, 4.69) is 5.32 Å². The number of carbonyl (C=O) groups is 4. The van der Waals surface area contributed by atoms with E-state index in [4.69, 9.17) is 23.7 Å². The Morgan fingerprint density at radius 3 is 2.23 bits per heavy atom. The van der Waals surface area contributed by atoms with Crippen molar-refractivity contribution >= 4 is 40.0 Å². The number of anilines is 1. The fraction of sp³-hybridized carbons (Fsp3) is 0.512. The molecule has 5 bridgehead atoms. The van der Waals surface area contributed by atoms with Gasteiger partial charge in [-0.2, -0.15) is 0 Å². The van der Waals surface area contributed by atoms with Crippen molar-refractivity contribution in [1.29, 1.82) is 0 Å². The van der Waals surface area contributed by atoms with Crippen LogP contribution in [-0.4, -0.2) is 107 Å². The molecule has 0 radical (unpaired) electrons. The fourth-order valence-corrected chi connectivity index (χ4v) is 7.02. The number of methoxy groups -OCH3 is 1. The highest BCUT2D eigenvalue weighted by Gasteiger charge is 2.49. The van der Waals surface area contributed by atoms with Crippen molar-refractivity contribution in [3.63, 3.8) is 0 Å². The van der Waals surface area contributed by atoms with Crippen LogP contribution in [0.3, 0.4) is 0 Å². The van der Waals surface area contributed by atoms with Crippen molar-refractivity contribution in [2.75, 3.05) is 33.1 Å². The number of phenols is 2. The minimum atomic E-state index is -2.02. The number of allylic oxidation sites excluding steroid dienone is 2. The maximum absolute atomic E-state index is 14.4. The fourth-order valence-electron chi connectivity index (χ4n) is 7.02. The summed E-state index contributed by atoms with van der Waals surface area (Å²) in [6.07, 6.45) is 3.57. The normalized spacial score (nSPS) is 28.7. The average Bonchev–Trinajstić information content (AvgIpc) is 3.41. The van der Waals surface area contributed by atoms with E-state index in [1.165, 1.54) is 78.3 Å². The lowest BCUT2D eigenvalue weighted by Crippen LogP contribution is -2.46. The number of rotatable bonds is 5. The molecule has 15 heteroatoms. The minimum absolute atomic E-state index is 0.0631. The van der Waals surface area contributed by atoms with Crippen molar-refractivity contribution in [2.24, 2.45) is 23.7 Å². The number of fused-ring (bicyclic) bond motifs is 14. The van der Waals surface area contributed by atoms with Gasteiger partial charge in [0.05, 0.1) is 41.2 Å². The Balaban J connectivity index is 1.94. The molecule has 0 aromatic heterocycles. The zero-order chi connectivity index (χ0) is 42.0. The molecule has 2 aromatic carbocycles. The second-order valence-corrected chi connectivity index (χ2v) is 15.0. The molecule has 0 saturated heterocycles. The summed E-state index contributed by atoms with van der Waals surface area (Å²) in [6, 6.07) is 1.25. The van der Waals surface area contributed by atoms with E-state index in [9.17, 15) is 39.6 Å². The number of likely N-dealkylation sites (N-methyl/N-ethyl adjacent to an activating group) is 1. The van der Waals surface area contributed by atoms with Gasteiger partial charge in [0.2, 0.25) is 0 Å². The van der Waals surface area contributed by atoms with Gasteiger partial charge < -0.3 is 54.3 Å². The molecular formula is C41H54N2O13. The smallest absolute Gasteiger partial charge is 0.312 e. The highest BCUT2D eigenvalue weighted by Crippen LogP contribution is 2.54. The van der Waals surface area contributed by atoms with E-state index in [1.807, 2.05) is 0 Å². The number of nitrogens with one attached hydrogen (secondary N) is 1. The van der Waals surface area contributed by atoms with Gasteiger partial charge in [-0.05, 0) is 19.9 Å². The number of amides is 2. The number of benzene rings is 2. The zero-order valence-corrected chi connectivity index (χ0v) is 33.7. The lowest BCUT2D eigenvalue weighted by atomic mass is 9.78. The maximum atomic E-state index is 14.4. The highest BCUT2D eigenvalue weighted by atomic mass is 16.7. The first-order valence-electron chi connectivity index (χ1n) is 18.4. The lowest BCUT2D eigenvalue weighted by molar-refractivity contribution is -0.160. The van der Waals surface area contributed by atoms with Crippen LogP contribution in [0.15, 0.2) is 42.2 Å². The van der Waals surface area contributed by atoms with Crippen LogP contribution in [0.5, 0.6) is 23.0 Å². The average molecular weight is 783 g/mol. The molecule has 3 aliphatic heterocycles. The number of phenolic OH excluding ortho intramolecular Hbond substituents is 2. The van der Waals surface area contributed by atoms with Gasteiger partial charge in [-0.25, -0.2) is 0 Å². The number of nitrogens with zero attached hydrogens (tertiary/aromatic N) is 1. The van der Waals surface area contributed by atoms with Gasteiger partial charge in [0.15, 0.2) is 12.4 Å². The first kappa shape index (κ1) is 43.6. The van der Waals surface area contributed by atoms with Gasteiger partial charge in [0, 0.05) is 81.3 Å². The molecule has 5 rings (SSSR count). The number of aromatic hydroxyl groups is 2. The predicted molar refractivity (Wildman–Crippen MR) is 206 cm³/mol. The SMILES string of the molecule is COC1C=COC2(C)Oc3c(C)c(O)c4c(O)c(cc(OCC(=O)N(C)C)c4c3C2=O)NC(=O)C(C)=CC=CC(C)C(O)C(C)C(O)C(C)C(OC(C)=O)C1C. The maximum Gasteiger partial charge on any atom is 0.312 e. The molecule has 3 aliphatic rings. The van der Waals surface area contributed by atoms with Crippen LogP contribution in [0.4, 0.5) is 5.69 Å². The molecule has 56 heavy (non-hydrogen) atoms. The molecule has 0 saturated carbocycles. The summed E-state index contributed by atoms with van der Waals surface area (Å²) in [5.74, 6) is -8.12. The van der Waals surface area contributed by atoms with Crippen LogP contribution in [0, 0.1) is 30.6 Å². The van der Waals surface area contributed by atoms with E-state index in [-0.39, 0.29) is 44.7 Å². The third-order valence-corrected chi connectivity index (χ3v) is 10.7. The van der Waals surface area contributed by atoms with Crippen molar-refractivity contribution in [3.8, 4) is 23.0 Å². The Bertz CT molecular complexity index is 1950. The monoisotopic (exact) mass is 782 g/mol. The van der Waals surface area contributed by atoms with Crippen LogP contribution < -0.4 is 14.8 Å². The van der Waals surface area contributed by atoms with E-state index in [0.717, 1.165) is 0 Å². The van der Waals surface area contributed by atoms with Crippen molar-refractivity contribution in [1.82, 2.24) is 4.90 Å². The molecule has 9 unspecified atom stereocenters.